The first-order valence-corrected chi connectivity index (χ1v) is 17.2. The monoisotopic (exact) mass is 643 g/mol. The lowest BCUT2D eigenvalue weighted by molar-refractivity contribution is 1.07. The Morgan fingerprint density at radius 2 is 0.694 bits per heavy atom. The standard InChI is InChI=1S/C45H29N3S/c1-4-13-30(14-5-1)36-26-37(31-15-6-2-7-16-31)28-38(27-36)33-19-12-20-34(25-33)44-46-43(32-17-8-3-9-18-32)47-45(48-44)35-23-24-40-39-21-10-11-22-41(39)49-42(40)29-35/h1-29H. The fourth-order valence-corrected chi connectivity index (χ4v) is 7.59. The van der Waals surface area contributed by atoms with E-state index in [0.717, 1.165) is 27.8 Å². The van der Waals surface area contributed by atoms with E-state index in [9.17, 15) is 0 Å². The van der Waals surface area contributed by atoms with Gasteiger partial charge in [0, 0.05) is 36.9 Å². The molecular weight excluding hydrogens is 615 g/mol. The molecule has 0 aliphatic rings. The first-order chi connectivity index (χ1) is 24.2. The summed E-state index contributed by atoms with van der Waals surface area (Å²) in [5.41, 5.74) is 9.81. The van der Waals surface area contributed by atoms with Gasteiger partial charge in [-0.1, -0.05) is 140 Å². The molecule has 9 aromatic rings. The molecular formula is C45H29N3S. The van der Waals surface area contributed by atoms with Crippen molar-refractivity contribution >= 4 is 31.5 Å². The number of hydrogen-bond donors (Lipinski definition) is 0. The predicted molar refractivity (Wildman–Crippen MR) is 205 cm³/mol. The number of thiophene rings is 1. The van der Waals surface area contributed by atoms with Crippen LogP contribution in [0.5, 0.6) is 0 Å². The highest BCUT2D eigenvalue weighted by atomic mass is 32.1. The molecule has 2 heterocycles. The molecule has 0 saturated carbocycles. The summed E-state index contributed by atoms with van der Waals surface area (Å²) in [6, 6.07) is 61.7. The Labute approximate surface area is 288 Å². The highest BCUT2D eigenvalue weighted by molar-refractivity contribution is 7.25. The molecule has 0 unspecified atom stereocenters. The van der Waals surface area contributed by atoms with Gasteiger partial charge in [0.05, 0.1) is 0 Å². The smallest absolute Gasteiger partial charge is 0.164 e. The van der Waals surface area contributed by atoms with Crippen LogP contribution >= 0.6 is 11.3 Å². The third-order valence-corrected chi connectivity index (χ3v) is 10.0. The van der Waals surface area contributed by atoms with Crippen molar-refractivity contribution in [3.63, 3.8) is 0 Å². The summed E-state index contributed by atoms with van der Waals surface area (Å²) in [6.45, 7) is 0. The number of fused-ring (bicyclic) bond motifs is 3. The lowest BCUT2D eigenvalue weighted by Gasteiger charge is -2.13. The van der Waals surface area contributed by atoms with Crippen LogP contribution in [0, 0.1) is 0 Å². The van der Waals surface area contributed by atoms with Gasteiger partial charge in [0.25, 0.3) is 0 Å². The van der Waals surface area contributed by atoms with Crippen LogP contribution in [0.1, 0.15) is 0 Å². The summed E-state index contributed by atoms with van der Waals surface area (Å²) < 4.78 is 2.50. The Morgan fingerprint density at radius 1 is 0.265 bits per heavy atom. The fraction of sp³-hybridized carbons (Fsp3) is 0. The summed E-state index contributed by atoms with van der Waals surface area (Å²) in [7, 11) is 0. The molecule has 7 aromatic carbocycles. The molecule has 0 spiro atoms. The van der Waals surface area contributed by atoms with Crippen molar-refractivity contribution in [2.24, 2.45) is 0 Å². The molecule has 0 aliphatic carbocycles. The summed E-state index contributed by atoms with van der Waals surface area (Å²) in [5.74, 6) is 1.95. The number of benzene rings is 7. The zero-order chi connectivity index (χ0) is 32.6. The molecule has 2 aromatic heterocycles. The van der Waals surface area contributed by atoms with E-state index >= 15 is 0 Å². The maximum absolute atomic E-state index is 5.11. The first kappa shape index (κ1) is 29.0. The van der Waals surface area contributed by atoms with Crippen LogP contribution in [0.25, 0.3) is 87.7 Å². The van der Waals surface area contributed by atoms with Gasteiger partial charge in [-0.05, 0) is 69.8 Å². The zero-order valence-electron chi connectivity index (χ0n) is 26.5. The topological polar surface area (TPSA) is 38.7 Å². The second-order valence-electron chi connectivity index (χ2n) is 12.1. The van der Waals surface area contributed by atoms with Crippen LogP contribution in [0.15, 0.2) is 176 Å². The molecule has 0 bridgehead atoms. The van der Waals surface area contributed by atoms with E-state index in [1.165, 1.54) is 42.4 Å². The van der Waals surface area contributed by atoms with Crippen molar-refractivity contribution < 1.29 is 0 Å². The summed E-state index contributed by atoms with van der Waals surface area (Å²) >= 11 is 1.80. The van der Waals surface area contributed by atoms with Crippen molar-refractivity contribution in [2.75, 3.05) is 0 Å². The van der Waals surface area contributed by atoms with E-state index < -0.39 is 0 Å². The zero-order valence-corrected chi connectivity index (χ0v) is 27.3. The van der Waals surface area contributed by atoms with Crippen molar-refractivity contribution in [3.05, 3.63) is 176 Å². The number of hydrogen-bond acceptors (Lipinski definition) is 4. The van der Waals surface area contributed by atoms with Gasteiger partial charge in [0.2, 0.25) is 0 Å². The largest absolute Gasteiger partial charge is 0.208 e. The Bertz CT molecular complexity index is 2540. The van der Waals surface area contributed by atoms with E-state index in [-0.39, 0.29) is 0 Å². The maximum Gasteiger partial charge on any atom is 0.164 e. The van der Waals surface area contributed by atoms with E-state index in [4.69, 9.17) is 15.0 Å². The second kappa shape index (κ2) is 12.4. The Hall–Kier alpha value is -6.23. The van der Waals surface area contributed by atoms with Gasteiger partial charge in [0.1, 0.15) is 0 Å². The number of nitrogens with zero attached hydrogens (tertiary/aromatic N) is 3. The highest BCUT2D eigenvalue weighted by Crippen LogP contribution is 2.37. The molecule has 0 atom stereocenters. The number of aromatic nitrogens is 3. The van der Waals surface area contributed by atoms with Crippen molar-refractivity contribution in [1.29, 1.82) is 0 Å². The molecule has 230 valence electrons. The molecule has 4 heteroatoms. The number of rotatable bonds is 6. The van der Waals surface area contributed by atoms with Crippen LogP contribution < -0.4 is 0 Å². The summed E-state index contributed by atoms with van der Waals surface area (Å²) in [4.78, 5) is 15.2. The van der Waals surface area contributed by atoms with E-state index in [2.05, 4.69) is 158 Å². The molecule has 49 heavy (non-hydrogen) atoms. The Kier molecular flexibility index (Phi) is 7.34. The van der Waals surface area contributed by atoms with Gasteiger partial charge in [-0.15, -0.1) is 11.3 Å². The van der Waals surface area contributed by atoms with Gasteiger partial charge >= 0.3 is 0 Å². The molecule has 9 rings (SSSR count). The third kappa shape index (κ3) is 5.69. The van der Waals surface area contributed by atoms with Gasteiger partial charge < -0.3 is 0 Å². The Balaban J connectivity index is 1.18. The molecule has 3 nitrogen and oxygen atoms in total. The van der Waals surface area contributed by atoms with Crippen molar-refractivity contribution in [2.45, 2.75) is 0 Å². The van der Waals surface area contributed by atoms with Gasteiger partial charge in [0.15, 0.2) is 17.5 Å². The molecule has 0 amide bonds. The first-order valence-electron chi connectivity index (χ1n) is 16.4. The second-order valence-corrected chi connectivity index (χ2v) is 13.2. The lowest BCUT2D eigenvalue weighted by Crippen LogP contribution is -2.00. The van der Waals surface area contributed by atoms with Crippen LogP contribution in [-0.2, 0) is 0 Å². The molecule has 0 aliphatic heterocycles. The Morgan fingerprint density at radius 3 is 1.33 bits per heavy atom. The lowest BCUT2D eigenvalue weighted by atomic mass is 9.93. The fourth-order valence-electron chi connectivity index (χ4n) is 6.44. The quantitative estimate of drug-likeness (QED) is 0.181. The van der Waals surface area contributed by atoms with Crippen molar-refractivity contribution in [1.82, 2.24) is 15.0 Å². The average molecular weight is 644 g/mol. The van der Waals surface area contributed by atoms with Crippen LogP contribution in [0.3, 0.4) is 0 Å². The minimum absolute atomic E-state index is 0.643. The normalized spacial score (nSPS) is 11.3. The molecule has 0 N–H and O–H groups in total. The van der Waals surface area contributed by atoms with Gasteiger partial charge in [-0.25, -0.2) is 15.0 Å². The maximum atomic E-state index is 5.11. The minimum Gasteiger partial charge on any atom is -0.208 e. The third-order valence-electron chi connectivity index (χ3n) is 8.91. The molecule has 0 radical (unpaired) electrons. The summed E-state index contributed by atoms with van der Waals surface area (Å²) in [5, 5.41) is 2.53. The van der Waals surface area contributed by atoms with Gasteiger partial charge in [-0.2, -0.15) is 0 Å². The van der Waals surface area contributed by atoms with Crippen molar-refractivity contribution in [3.8, 4) is 67.5 Å². The minimum atomic E-state index is 0.643. The summed E-state index contributed by atoms with van der Waals surface area (Å²) in [6.07, 6.45) is 0. The van der Waals surface area contributed by atoms with E-state index in [1.54, 1.807) is 11.3 Å². The van der Waals surface area contributed by atoms with Gasteiger partial charge in [-0.3, -0.25) is 0 Å². The predicted octanol–water partition coefficient (Wildman–Crippen LogP) is 12.2. The SMILES string of the molecule is c1ccc(-c2cc(-c3ccccc3)cc(-c3cccc(-c4nc(-c5ccccc5)nc(-c5ccc6c(c5)sc5ccccc56)n4)c3)c2)cc1. The van der Waals surface area contributed by atoms with Crippen LogP contribution in [0.4, 0.5) is 0 Å². The van der Waals surface area contributed by atoms with Crippen LogP contribution in [0.2, 0.25) is 0 Å². The highest BCUT2D eigenvalue weighted by Gasteiger charge is 2.15. The van der Waals surface area contributed by atoms with E-state index in [0.29, 0.717) is 17.5 Å². The van der Waals surface area contributed by atoms with Crippen LogP contribution in [-0.4, -0.2) is 15.0 Å². The average Bonchev–Trinajstić information content (AvgIpc) is 3.57. The van der Waals surface area contributed by atoms with E-state index in [1.807, 2.05) is 18.2 Å². The molecule has 0 saturated heterocycles. The molecule has 0 fully saturated rings.